The Balaban J connectivity index is 1.53. The van der Waals surface area contributed by atoms with E-state index in [1.807, 2.05) is 53.9 Å². The molecule has 0 saturated carbocycles. The highest BCUT2D eigenvalue weighted by Crippen LogP contribution is 2.36. The van der Waals surface area contributed by atoms with Gasteiger partial charge < -0.3 is 14.0 Å². The van der Waals surface area contributed by atoms with Crippen LogP contribution in [0.1, 0.15) is 53.2 Å². The molecular weight excluding hydrogens is 542 g/mol. The van der Waals surface area contributed by atoms with E-state index in [0.717, 1.165) is 53.4 Å². The highest BCUT2D eigenvalue weighted by Gasteiger charge is 2.35. The number of aromatic nitrogens is 2. The number of carbonyl (C=O) groups is 1. The smallest absolute Gasteiger partial charge is 0.338 e. The van der Waals surface area contributed by atoms with E-state index in [9.17, 15) is 9.59 Å². The van der Waals surface area contributed by atoms with Crippen LogP contribution in [0.15, 0.2) is 69.3 Å². The quantitative estimate of drug-likeness (QED) is 0.303. The van der Waals surface area contributed by atoms with Crippen LogP contribution in [0, 0.1) is 13.8 Å². The van der Waals surface area contributed by atoms with Crippen molar-refractivity contribution in [3.8, 4) is 0 Å². The van der Waals surface area contributed by atoms with E-state index >= 15 is 0 Å². The first kappa shape index (κ1) is 26.7. The average Bonchev–Trinajstić information content (AvgIpc) is 3.76. The summed E-state index contributed by atoms with van der Waals surface area (Å²) >= 11 is 2.86. The molecule has 1 saturated heterocycles. The Labute approximate surface area is 240 Å². The van der Waals surface area contributed by atoms with Crippen molar-refractivity contribution < 1.29 is 14.3 Å². The molecular formula is C31H31N3O4S2. The lowest BCUT2D eigenvalue weighted by molar-refractivity contribution is -0.138. The number of benzene rings is 1. The number of esters is 1. The van der Waals surface area contributed by atoms with Gasteiger partial charge in [-0.15, -0.1) is 11.3 Å². The first-order valence-electron chi connectivity index (χ1n) is 13.6. The van der Waals surface area contributed by atoms with Gasteiger partial charge in [0, 0.05) is 35.0 Å². The lowest BCUT2D eigenvalue weighted by Crippen LogP contribution is -2.39. The molecule has 0 amide bonds. The zero-order valence-electron chi connectivity index (χ0n) is 22.8. The summed E-state index contributed by atoms with van der Waals surface area (Å²) in [6.45, 7) is 7.83. The van der Waals surface area contributed by atoms with E-state index in [1.54, 1.807) is 11.5 Å². The summed E-state index contributed by atoms with van der Waals surface area (Å²) in [4.78, 5) is 33.9. The third-order valence-corrected chi connectivity index (χ3v) is 9.40. The van der Waals surface area contributed by atoms with Crippen LogP contribution < -0.4 is 14.9 Å². The number of thiazole rings is 1. The monoisotopic (exact) mass is 573 g/mol. The third-order valence-electron chi connectivity index (χ3n) is 7.50. The molecule has 6 rings (SSSR count). The first-order chi connectivity index (χ1) is 19.5. The van der Waals surface area contributed by atoms with Gasteiger partial charge in [-0.2, -0.15) is 0 Å². The van der Waals surface area contributed by atoms with Crippen molar-refractivity contribution in [2.24, 2.45) is 4.99 Å². The van der Waals surface area contributed by atoms with Crippen LogP contribution in [-0.4, -0.2) is 34.4 Å². The number of rotatable bonds is 7. The Morgan fingerprint density at radius 3 is 2.73 bits per heavy atom. The van der Waals surface area contributed by atoms with Gasteiger partial charge in [0.1, 0.15) is 6.04 Å². The zero-order chi connectivity index (χ0) is 27.8. The molecule has 2 atom stereocenters. The maximum absolute atomic E-state index is 14.1. The average molecular weight is 574 g/mol. The number of nitrogens with zero attached hydrogens (tertiary/aromatic N) is 3. The van der Waals surface area contributed by atoms with Gasteiger partial charge in [-0.05, 0) is 62.8 Å². The van der Waals surface area contributed by atoms with E-state index in [4.69, 9.17) is 14.5 Å². The van der Waals surface area contributed by atoms with Gasteiger partial charge in [-0.3, -0.25) is 9.36 Å². The van der Waals surface area contributed by atoms with Crippen LogP contribution in [0.3, 0.4) is 0 Å². The normalized spacial score (nSPS) is 19.1. The molecule has 0 unspecified atom stereocenters. The molecule has 2 aliphatic rings. The maximum atomic E-state index is 14.1. The van der Waals surface area contributed by atoms with Crippen LogP contribution in [0.5, 0.6) is 0 Å². The Hall–Kier alpha value is -3.53. The predicted octanol–water partition coefficient (Wildman–Crippen LogP) is 4.59. The summed E-state index contributed by atoms with van der Waals surface area (Å²) in [6.07, 6.45) is 4.36. The number of carbonyl (C=O) groups excluding carboxylic acids is 1. The summed E-state index contributed by atoms with van der Waals surface area (Å²) in [7, 11) is 0. The number of thiophene rings is 1. The van der Waals surface area contributed by atoms with Crippen LogP contribution in [0.4, 0.5) is 0 Å². The van der Waals surface area contributed by atoms with Crippen LogP contribution in [0.2, 0.25) is 0 Å². The van der Waals surface area contributed by atoms with E-state index in [0.29, 0.717) is 20.6 Å². The number of ether oxygens (including phenoxy) is 2. The van der Waals surface area contributed by atoms with Gasteiger partial charge >= 0.3 is 5.97 Å². The molecule has 4 aromatic rings. The number of hydrogen-bond donors (Lipinski definition) is 0. The van der Waals surface area contributed by atoms with Gasteiger partial charge in [-0.1, -0.05) is 47.7 Å². The van der Waals surface area contributed by atoms with Crippen molar-refractivity contribution in [1.82, 2.24) is 9.13 Å². The van der Waals surface area contributed by atoms with Gasteiger partial charge in [0.2, 0.25) is 0 Å². The Morgan fingerprint density at radius 2 is 2.02 bits per heavy atom. The van der Waals surface area contributed by atoms with Crippen molar-refractivity contribution in [3.63, 3.8) is 0 Å². The maximum Gasteiger partial charge on any atom is 0.338 e. The van der Waals surface area contributed by atoms with E-state index in [2.05, 4.69) is 24.5 Å². The summed E-state index contributed by atoms with van der Waals surface area (Å²) in [5.74, 6) is -0.463. The van der Waals surface area contributed by atoms with Gasteiger partial charge in [0.15, 0.2) is 4.80 Å². The van der Waals surface area contributed by atoms with E-state index < -0.39 is 12.0 Å². The number of aryl methyl sites for hydroxylation is 1. The van der Waals surface area contributed by atoms with Crippen molar-refractivity contribution in [2.75, 3.05) is 13.2 Å². The van der Waals surface area contributed by atoms with Crippen LogP contribution in [-0.2, 0) is 20.8 Å². The summed E-state index contributed by atoms with van der Waals surface area (Å²) in [5, 5.41) is 1.96. The molecule has 0 bridgehead atoms. The Bertz CT molecular complexity index is 1750. The number of hydrogen-bond acceptors (Lipinski definition) is 7. The van der Waals surface area contributed by atoms with Crippen molar-refractivity contribution in [1.29, 1.82) is 0 Å². The Kier molecular flexibility index (Phi) is 7.44. The van der Waals surface area contributed by atoms with Gasteiger partial charge in [-0.25, -0.2) is 9.79 Å². The molecule has 0 spiro atoms. The SMILES string of the molecule is CCOC(=O)C1=C(c2ccccc2)N=c2s/c(=C\c3cc(C)n(C[C@H]4CCCO4)c3C)c(=O)n2[C@H]1c1cccs1. The fourth-order valence-electron chi connectivity index (χ4n) is 5.54. The largest absolute Gasteiger partial charge is 0.463 e. The summed E-state index contributed by atoms with van der Waals surface area (Å²) in [5.41, 5.74) is 4.80. The number of fused-ring (bicyclic) bond motifs is 1. The standard InChI is InChI=1S/C31H31N3O4S2/c1-4-37-30(36)26-27(21-10-6-5-7-11-21)32-31-34(28(26)24-13-9-15-39-24)29(35)25(40-31)17-22-16-19(2)33(20(22)3)18-23-12-8-14-38-23/h5-7,9-11,13,15-17,23,28H,4,8,12,14,18H2,1-3H3/b25-17-/t23-,28+/m1/s1. The molecule has 40 heavy (non-hydrogen) atoms. The highest BCUT2D eigenvalue weighted by atomic mass is 32.1. The minimum absolute atomic E-state index is 0.167. The second-order valence-corrected chi connectivity index (χ2v) is 12.0. The second kappa shape index (κ2) is 11.2. The molecule has 206 valence electrons. The molecule has 5 heterocycles. The Morgan fingerprint density at radius 1 is 1.20 bits per heavy atom. The molecule has 1 fully saturated rings. The topological polar surface area (TPSA) is 74.8 Å². The van der Waals surface area contributed by atoms with E-state index in [1.165, 1.54) is 22.7 Å². The molecule has 9 heteroatoms. The molecule has 2 aliphatic heterocycles. The van der Waals surface area contributed by atoms with Crippen molar-refractivity contribution >= 4 is 40.4 Å². The molecule has 0 radical (unpaired) electrons. The van der Waals surface area contributed by atoms with Crippen molar-refractivity contribution in [3.05, 3.63) is 107 Å². The third kappa shape index (κ3) is 4.82. The molecule has 0 N–H and O–H groups in total. The zero-order valence-corrected chi connectivity index (χ0v) is 24.4. The summed E-state index contributed by atoms with van der Waals surface area (Å²) < 4.78 is 15.9. The molecule has 0 aliphatic carbocycles. The van der Waals surface area contributed by atoms with Crippen LogP contribution in [0.25, 0.3) is 11.8 Å². The minimum Gasteiger partial charge on any atom is -0.463 e. The fraction of sp³-hybridized carbons (Fsp3) is 0.323. The summed E-state index contributed by atoms with van der Waals surface area (Å²) in [6, 6.07) is 15.0. The minimum atomic E-state index is -0.625. The lowest BCUT2D eigenvalue weighted by Gasteiger charge is -2.24. The first-order valence-corrected chi connectivity index (χ1v) is 15.3. The lowest BCUT2D eigenvalue weighted by atomic mass is 9.97. The van der Waals surface area contributed by atoms with Gasteiger partial charge in [0.25, 0.3) is 5.56 Å². The van der Waals surface area contributed by atoms with Gasteiger partial charge in [0.05, 0.1) is 28.5 Å². The second-order valence-electron chi connectivity index (χ2n) is 10.0. The highest BCUT2D eigenvalue weighted by molar-refractivity contribution is 7.10. The fourth-order valence-corrected chi connectivity index (χ4v) is 7.36. The van der Waals surface area contributed by atoms with E-state index in [-0.39, 0.29) is 18.3 Å². The molecule has 1 aromatic carbocycles. The predicted molar refractivity (Wildman–Crippen MR) is 158 cm³/mol. The molecule has 3 aromatic heterocycles. The van der Waals surface area contributed by atoms with Crippen LogP contribution >= 0.6 is 22.7 Å². The van der Waals surface area contributed by atoms with Crippen molar-refractivity contribution in [2.45, 2.75) is 52.3 Å². The molecule has 7 nitrogen and oxygen atoms in total.